The third-order valence-corrected chi connectivity index (χ3v) is 15.1. The molecule has 8 aromatic rings. The molecule has 2 aromatic heterocycles. The van der Waals surface area contributed by atoms with Crippen molar-refractivity contribution in [2.45, 2.75) is 124 Å². The fraction of sp³-hybridized carbons (Fsp3) is 0.357. The zero-order valence-corrected chi connectivity index (χ0v) is 43.0. The van der Waals surface area contributed by atoms with Crippen LogP contribution in [-0.2, 0) is 27.9 Å². The number of benzene rings is 6. The Hall–Kier alpha value is -4.72. The van der Waals surface area contributed by atoms with Gasteiger partial charge in [0, 0.05) is 37.4 Å². The zero-order valence-electron chi connectivity index (χ0n) is 42.4. The van der Waals surface area contributed by atoms with E-state index in [0.29, 0.717) is 0 Å². The maximum atomic E-state index is 9.96. The summed E-state index contributed by atoms with van der Waals surface area (Å²) >= 11 is 3.57. The Morgan fingerprint density at radius 2 is 0.739 bits per heavy atom. The zero-order chi connectivity index (χ0) is 49.7. The molecule has 0 unspecified atom stereocenters. The number of rotatable bonds is 4. The molecule has 3 fully saturated rings. The van der Waals surface area contributed by atoms with Gasteiger partial charge in [-0.3, -0.25) is 4.39 Å². The standard InChI is InChI=1S/C24H24BNO2.C18H12BrN.C12H24B2O4.CH3F.CH4/c1-23(2)24(3,4)28-25(27-23)17-14-15-22-20(16-17)19-12-8-9-13-21(19)26(22)18-10-6-5-7-11-18;19-13-10-11-18-16(12-13)15-8-4-5-9-17(15)20(18)14-6-2-1-3-7-14;1-9(2)10(3,4)16-13(15-9)14-17-11(5,6)12(7,8)18-14;1-2;/h5-16H,1-4H3;1-12H;1-8H3;1H3;1H4/i;;;1D;. The molecular formula is C56H67B3BrFN2O6. The summed E-state index contributed by atoms with van der Waals surface area (Å²) in [6.45, 7) is 24.6. The van der Waals surface area contributed by atoms with Gasteiger partial charge in [0.1, 0.15) is 0 Å². The average molecular weight is 997 g/mol. The van der Waals surface area contributed by atoms with Gasteiger partial charge in [-0.1, -0.05) is 108 Å². The molecule has 13 heteroatoms. The van der Waals surface area contributed by atoms with Crippen LogP contribution in [-0.4, -0.2) is 71.0 Å². The van der Waals surface area contributed by atoms with Gasteiger partial charge in [-0.05, 0) is 149 Å². The maximum Gasteiger partial charge on any atom is 0.494 e. The molecule has 3 aliphatic rings. The van der Waals surface area contributed by atoms with Crippen LogP contribution in [0.2, 0.25) is 0 Å². The molecule has 0 aliphatic carbocycles. The van der Waals surface area contributed by atoms with Crippen molar-refractivity contribution in [2.75, 3.05) is 7.15 Å². The molecule has 3 aliphatic heterocycles. The predicted octanol–water partition coefficient (Wildman–Crippen LogP) is 14.1. The van der Waals surface area contributed by atoms with Crippen LogP contribution in [0.3, 0.4) is 0 Å². The molecule has 11 rings (SSSR count). The van der Waals surface area contributed by atoms with Crippen molar-refractivity contribution in [3.05, 3.63) is 150 Å². The molecule has 0 atom stereocenters. The summed E-state index contributed by atoms with van der Waals surface area (Å²) in [7, 11) is -2.31. The quantitative estimate of drug-likeness (QED) is 0.164. The lowest BCUT2D eigenvalue weighted by molar-refractivity contribution is 0.00578. The fourth-order valence-electron chi connectivity index (χ4n) is 8.77. The minimum absolute atomic E-state index is 0. The van der Waals surface area contributed by atoms with Crippen LogP contribution in [0.4, 0.5) is 4.39 Å². The van der Waals surface area contributed by atoms with Crippen LogP contribution in [0.1, 0.15) is 91.9 Å². The molecule has 0 amide bonds. The van der Waals surface area contributed by atoms with Crippen molar-refractivity contribution < 1.29 is 33.7 Å². The summed E-state index contributed by atoms with van der Waals surface area (Å²) in [5, 5.41) is 5.01. The summed E-state index contributed by atoms with van der Waals surface area (Å²) in [6, 6.07) is 51.1. The highest BCUT2D eigenvalue weighted by Crippen LogP contribution is 2.43. The molecule has 0 N–H and O–H groups in total. The van der Waals surface area contributed by atoms with E-state index in [4.69, 9.17) is 29.3 Å². The molecule has 8 nitrogen and oxygen atoms in total. The van der Waals surface area contributed by atoms with Crippen molar-refractivity contribution in [3.8, 4) is 11.4 Å². The normalized spacial score (nSPS) is 19.3. The lowest BCUT2D eigenvalue weighted by Crippen LogP contribution is -2.41. The molecule has 5 heterocycles. The second kappa shape index (κ2) is 19.5. The lowest BCUT2D eigenvalue weighted by atomic mass is 9.49. The Morgan fingerprint density at radius 3 is 1.14 bits per heavy atom. The summed E-state index contributed by atoms with van der Waals surface area (Å²) in [5.41, 5.74) is 6.16. The first-order valence-corrected chi connectivity index (χ1v) is 24.1. The van der Waals surface area contributed by atoms with Gasteiger partial charge in [0.2, 0.25) is 0 Å². The molecule has 0 spiro atoms. The van der Waals surface area contributed by atoms with E-state index >= 15 is 0 Å². The Balaban J connectivity index is 0.000000154. The van der Waals surface area contributed by atoms with Crippen LogP contribution < -0.4 is 5.46 Å². The van der Waals surface area contributed by atoms with E-state index in [1.807, 2.05) is 67.5 Å². The minimum atomic E-state index is -1.00. The lowest BCUT2D eigenvalue weighted by Gasteiger charge is -2.32. The molecule has 360 valence electrons. The highest BCUT2D eigenvalue weighted by molar-refractivity contribution is 9.10. The van der Waals surface area contributed by atoms with Crippen molar-refractivity contribution in [3.63, 3.8) is 0 Å². The van der Waals surface area contributed by atoms with Gasteiger partial charge in [0.25, 0.3) is 0 Å². The van der Waals surface area contributed by atoms with E-state index in [2.05, 4.69) is 186 Å². The number of para-hydroxylation sites is 4. The molecule has 69 heavy (non-hydrogen) atoms. The first-order chi connectivity index (χ1) is 32.5. The van der Waals surface area contributed by atoms with Crippen LogP contribution in [0, 0.1) is 0 Å². The number of nitrogens with zero attached hydrogens (tertiary/aromatic N) is 2. The SMILES string of the molecule is Brc1ccc2c(c1)c1ccccc1n2-c1ccccc1.C.CC1(C)OB(B2OC(C)(C)C(C)(C)O2)OC1(C)C.CC1(C)OB(c2ccc3c(c2)c2ccccc2n3-c2ccccc2)OC1(C)C.[2H]CF. The summed E-state index contributed by atoms with van der Waals surface area (Å²) < 4.78 is 57.6. The molecule has 6 aromatic carbocycles. The second-order valence-corrected chi connectivity index (χ2v) is 21.6. The average Bonchev–Trinajstić information content (AvgIpc) is 4.01. The van der Waals surface area contributed by atoms with Gasteiger partial charge < -0.3 is 37.1 Å². The van der Waals surface area contributed by atoms with E-state index in [1.165, 1.54) is 49.3 Å². The van der Waals surface area contributed by atoms with Crippen LogP contribution in [0.15, 0.2) is 150 Å². The maximum absolute atomic E-state index is 9.96. The van der Waals surface area contributed by atoms with E-state index in [-0.39, 0.29) is 48.2 Å². The van der Waals surface area contributed by atoms with Crippen molar-refractivity contribution >= 4 is 86.1 Å². The van der Waals surface area contributed by atoms with Gasteiger partial charge in [0.05, 0.1) is 64.2 Å². The number of fused-ring (bicyclic) bond motifs is 6. The largest absolute Gasteiger partial charge is 0.494 e. The van der Waals surface area contributed by atoms with Gasteiger partial charge in [-0.2, -0.15) is 0 Å². The highest BCUT2D eigenvalue weighted by Gasteiger charge is 2.63. The Morgan fingerprint density at radius 1 is 0.420 bits per heavy atom. The topological polar surface area (TPSA) is 65.2 Å². The monoisotopic (exact) mass is 995 g/mol. The van der Waals surface area contributed by atoms with E-state index in [9.17, 15) is 4.39 Å². The fourth-order valence-corrected chi connectivity index (χ4v) is 9.13. The third-order valence-electron chi connectivity index (χ3n) is 14.7. The molecule has 0 bridgehead atoms. The Labute approximate surface area is 419 Å². The molecule has 0 saturated carbocycles. The smallest absolute Gasteiger partial charge is 0.405 e. The van der Waals surface area contributed by atoms with Crippen LogP contribution in [0.5, 0.6) is 0 Å². The number of hydrogen-bond donors (Lipinski definition) is 0. The van der Waals surface area contributed by atoms with Crippen molar-refractivity contribution in [2.24, 2.45) is 0 Å². The number of halogens is 2. The van der Waals surface area contributed by atoms with Gasteiger partial charge >= 0.3 is 21.1 Å². The van der Waals surface area contributed by atoms with Crippen molar-refractivity contribution in [1.82, 2.24) is 9.13 Å². The number of alkyl halides is 1. The van der Waals surface area contributed by atoms with Crippen molar-refractivity contribution in [1.29, 1.82) is 0 Å². The summed E-state index contributed by atoms with van der Waals surface area (Å²) in [4.78, 5) is 0. The van der Waals surface area contributed by atoms with Crippen LogP contribution >= 0.6 is 15.9 Å². The number of aromatic nitrogens is 2. The molecular weight excluding hydrogens is 928 g/mol. The van der Waals surface area contributed by atoms with Crippen LogP contribution in [0.25, 0.3) is 55.0 Å². The molecule has 3 saturated heterocycles. The van der Waals surface area contributed by atoms with Gasteiger partial charge in [-0.25, -0.2) is 0 Å². The highest BCUT2D eigenvalue weighted by atomic mass is 79.9. The first kappa shape index (κ1) is 50.7. The molecule has 0 radical (unpaired) electrons. The van der Waals surface area contributed by atoms with Gasteiger partial charge in [0.15, 0.2) is 0 Å². The third kappa shape index (κ3) is 9.73. The predicted molar refractivity (Wildman–Crippen MR) is 291 cm³/mol. The Kier molecular flexibility index (Phi) is 14.3. The summed E-state index contributed by atoms with van der Waals surface area (Å²) in [6.07, 6.45) is 0. The van der Waals surface area contributed by atoms with E-state index in [1.54, 1.807) is 0 Å². The van der Waals surface area contributed by atoms with E-state index < -0.39 is 21.2 Å². The minimum Gasteiger partial charge on any atom is -0.405 e. The first-order valence-electron chi connectivity index (χ1n) is 24.0. The Bertz CT molecular complexity index is 3010. The van der Waals surface area contributed by atoms with Gasteiger partial charge in [-0.15, -0.1) is 0 Å². The van der Waals surface area contributed by atoms with E-state index in [0.717, 1.165) is 15.6 Å². The second-order valence-electron chi connectivity index (χ2n) is 20.7. The summed E-state index contributed by atoms with van der Waals surface area (Å²) in [5.74, 6) is 0. The number of hydrogen-bond acceptors (Lipinski definition) is 6.